The molecule has 0 radical (unpaired) electrons. The highest BCUT2D eigenvalue weighted by atomic mass is 16.5. The smallest absolute Gasteiger partial charge is 0.249 e. The molecule has 4 N–H and O–H groups in total. The zero-order valence-electron chi connectivity index (χ0n) is 25.1. The number of ether oxygens (including phenoxy) is 1. The molecule has 2 amide bonds. The third kappa shape index (κ3) is 5.94. The molecule has 6 heterocycles. The van der Waals surface area contributed by atoms with E-state index in [0.29, 0.717) is 19.6 Å². The van der Waals surface area contributed by atoms with Gasteiger partial charge < -0.3 is 24.8 Å². The van der Waals surface area contributed by atoms with Crippen LogP contribution in [0.1, 0.15) is 38.5 Å². The number of rotatable bonds is 3. The molecule has 6 aliphatic rings. The average Bonchev–Trinajstić information content (AvgIpc) is 3.29. The van der Waals surface area contributed by atoms with Crippen molar-refractivity contribution < 1.29 is 14.3 Å². The van der Waals surface area contributed by atoms with Crippen LogP contribution in [0.4, 0.5) is 11.4 Å². The summed E-state index contributed by atoms with van der Waals surface area (Å²) >= 11 is 0. The number of morpholine rings is 1. The number of likely N-dealkylation sites (N-methyl/N-ethyl adjacent to an activating group) is 1. The summed E-state index contributed by atoms with van der Waals surface area (Å²) in [4.78, 5) is 33.5. The Morgan fingerprint density at radius 2 is 1.86 bits per heavy atom. The lowest BCUT2D eigenvalue weighted by molar-refractivity contribution is -0.176. The first-order chi connectivity index (χ1) is 21.0. The zero-order chi connectivity index (χ0) is 29.3. The van der Waals surface area contributed by atoms with Crippen LogP contribution in [0.2, 0.25) is 0 Å². The van der Waals surface area contributed by atoms with Gasteiger partial charge in [0, 0.05) is 57.1 Å². The van der Waals surface area contributed by atoms with E-state index in [1.165, 1.54) is 5.69 Å². The number of anilines is 2. The second kappa shape index (κ2) is 12.6. The SMILES string of the molecule is CN1CCN(c2cccc(NC3NCC4C(=O)N5CC#CCCCCCN6C(=O)COC7CCC(NC76)N5C4N3)c2)CC1. The monoisotopic (exact) mass is 591 g/mol. The van der Waals surface area contributed by atoms with Crippen LogP contribution in [0.3, 0.4) is 0 Å². The molecule has 1 aromatic carbocycles. The first-order valence-corrected chi connectivity index (χ1v) is 16.1. The summed E-state index contributed by atoms with van der Waals surface area (Å²) in [6, 6.07) is 8.58. The van der Waals surface area contributed by atoms with E-state index >= 15 is 0 Å². The van der Waals surface area contributed by atoms with Crippen LogP contribution in [0.15, 0.2) is 24.3 Å². The van der Waals surface area contributed by atoms with E-state index in [1.807, 2.05) is 9.91 Å². The second-order valence-corrected chi connectivity index (χ2v) is 12.6. The number of hydrogen-bond acceptors (Lipinski definition) is 10. The van der Waals surface area contributed by atoms with Crippen molar-refractivity contribution in [1.29, 1.82) is 0 Å². The van der Waals surface area contributed by atoms with Gasteiger partial charge in [-0.25, -0.2) is 0 Å². The van der Waals surface area contributed by atoms with Crippen LogP contribution in [0.5, 0.6) is 0 Å². The van der Waals surface area contributed by atoms with Crippen molar-refractivity contribution in [1.82, 2.24) is 35.8 Å². The van der Waals surface area contributed by atoms with Crippen LogP contribution in [-0.2, 0) is 14.3 Å². The lowest BCUT2D eigenvalue weighted by atomic mass is 9.99. The first-order valence-electron chi connectivity index (χ1n) is 16.1. The van der Waals surface area contributed by atoms with Gasteiger partial charge in [0.25, 0.3) is 0 Å². The molecule has 6 atom stereocenters. The van der Waals surface area contributed by atoms with E-state index in [0.717, 1.165) is 70.4 Å². The van der Waals surface area contributed by atoms with Crippen molar-refractivity contribution in [2.75, 3.05) is 69.7 Å². The van der Waals surface area contributed by atoms with Gasteiger partial charge in [0.2, 0.25) is 11.8 Å². The highest BCUT2D eigenvalue weighted by Gasteiger charge is 2.53. The van der Waals surface area contributed by atoms with Gasteiger partial charge in [-0.3, -0.25) is 30.5 Å². The van der Waals surface area contributed by atoms with Crippen molar-refractivity contribution in [3.63, 3.8) is 0 Å². The highest BCUT2D eigenvalue weighted by Crippen LogP contribution is 2.33. The largest absolute Gasteiger partial charge is 0.369 e. The molecule has 0 spiro atoms. The summed E-state index contributed by atoms with van der Waals surface area (Å²) in [6.45, 7) is 5.94. The Morgan fingerprint density at radius 1 is 0.977 bits per heavy atom. The van der Waals surface area contributed by atoms with Crippen LogP contribution in [0.25, 0.3) is 0 Å². The number of piperazine rings is 1. The molecule has 43 heavy (non-hydrogen) atoms. The van der Waals surface area contributed by atoms with Crippen molar-refractivity contribution >= 4 is 23.2 Å². The summed E-state index contributed by atoms with van der Waals surface area (Å²) in [6.07, 6.45) is 4.62. The molecule has 0 saturated carbocycles. The fraction of sp³-hybridized carbons (Fsp3) is 0.677. The van der Waals surface area contributed by atoms with Gasteiger partial charge in [-0.2, -0.15) is 5.01 Å². The molecule has 7 rings (SSSR count). The number of hydrogen-bond donors (Lipinski definition) is 4. The molecule has 12 nitrogen and oxygen atoms in total. The lowest BCUT2D eigenvalue weighted by Gasteiger charge is -2.50. The van der Waals surface area contributed by atoms with Crippen molar-refractivity contribution in [2.24, 2.45) is 5.92 Å². The number of amides is 2. The number of nitrogens with one attached hydrogen (secondary N) is 4. The molecule has 12 heteroatoms. The second-order valence-electron chi connectivity index (χ2n) is 12.6. The van der Waals surface area contributed by atoms with Crippen LogP contribution >= 0.6 is 0 Å². The van der Waals surface area contributed by atoms with Gasteiger partial charge in [0.1, 0.15) is 19.1 Å². The number of benzene rings is 1. The summed E-state index contributed by atoms with van der Waals surface area (Å²) < 4.78 is 5.98. The summed E-state index contributed by atoms with van der Waals surface area (Å²) in [5, 5.41) is 18.6. The molecule has 1 aromatic rings. The molecule has 6 unspecified atom stereocenters. The molecule has 0 aromatic heterocycles. The minimum Gasteiger partial charge on any atom is -0.369 e. The minimum absolute atomic E-state index is 0.0350. The van der Waals surface area contributed by atoms with Gasteiger partial charge in [0.15, 0.2) is 0 Å². The maximum absolute atomic E-state index is 13.8. The van der Waals surface area contributed by atoms with E-state index in [-0.39, 0.29) is 55.2 Å². The van der Waals surface area contributed by atoms with Gasteiger partial charge >= 0.3 is 0 Å². The van der Waals surface area contributed by atoms with Crippen molar-refractivity contribution in [2.45, 2.75) is 69.4 Å². The molecule has 2 bridgehead atoms. The molecular weight excluding hydrogens is 546 g/mol. The standard InChI is InChI=1S/C31H45N9O3/c1-36-15-17-37(18-16-36)23-10-8-9-22(19-23)33-31-32-20-24-28(35-31)40-26-12-11-25-29(34-26)38(27(41)21-43-25)13-6-4-2-3-5-7-14-39(40)30(24)42/h8-10,19,24-26,28-29,31-35H,2-4,6,11-18,20-21H2,1H3. The molecule has 5 fully saturated rings. The van der Waals surface area contributed by atoms with E-state index in [9.17, 15) is 9.59 Å². The third-order valence-corrected chi connectivity index (χ3v) is 9.81. The van der Waals surface area contributed by atoms with Gasteiger partial charge in [0.05, 0.1) is 30.9 Å². The fourth-order valence-corrected chi connectivity index (χ4v) is 7.39. The van der Waals surface area contributed by atoms with Gasteiger partial charge in [-0.05, 0) is 50.9 Å². The molecule has 0 aliphatic carbocycles. The zero-order valence-corrected chi connectivity index (χ0v) is 25.1. The maximum atomic E-state index is 13.8. The average molecular weight is 592 g/mol. The third-order valence-electron chi connectivity index (χ3n) is 9.81. The van der Waals surface area contributed by atoms with Crippen LogP contribution in [-0.4, -0.2) is 122 Å². The predicted octanol–water partition coefficient (Wildman–Crippen LogP) is 0.169. The lowest BCUT2D eigenvalue weighted by Crippen LogP contribution is -2.72. The molecular formula is C31H45N9O3. The number of carbonyl (C=O) groups is 2. The Labute approximate surface area is 254 Å². The summed E-state index contributed by atoms with van der Waals surface area (Å²) in [5.74, 6) is 6.46. The quantitative estimate of drug-likeness (QED) is 0.364. The van der Waals surface area contributed by atoms with Crippen molar-refractivity contribution in [3.05, 3.63) is 24.3 Å². The molecule has 5 saturated heterocycles. The number of fused-ring (bicyclic) bond motifs is 5. The Hall–Kier alpha value is -2.92. The number of nitrogens with zero attached hydrogens (tertiary/aromatic N) is 5. The molecule has 232 valence electrons. The summed E-state index contributed by atoms with van der Waals surface area (Å²) in [5.41, 5.74) is 2.25. The molecule has 6 aliphatic heterocycles. The van der Waals surface area contributed by atoms with Gasteiger partial charge in [-0.15, -0.1) is 5.92 Å². The Morgan fingerprint density at radius 3 is 2.74 bits per heavy atom. The fourth-order valence-electron chi connectivity index (χ4n) is 7.39. The Kier molecular flexibility index (Phi) is 8.44. The Balaban J connectivity index is 1.11. The Bertz CT molecular complexity index is 1240. The predicted molar refractivity (Wildman–Crippen MR) is 163 cm³/mol. The number of carbonyl (C=O) groups excluding carboxylic acids is 2. The maximum Gasteiger partial charge on any atom is 0.249 e. The van der Waals surface area contributed by atoms with E-state index in [2.05, 4.69) is 79.2 Å². The normalized spacial score (nSPS) is 34.1. The summed E-state index contributed by atoms with van der Waals surface area (Å²) in [7, 11) is 2.17. The topological polar surface area (TPSA) is 108 Å². The minimum atomic E-state index is -0.243. The highest BCUT2D eigenvalue weighted by molar-refractivity contribution is 5.82. The van der Waals surface area contributed by atoms with Crippen LogP contribution in [0, 0.1) is 17.8 Å². The van der Waals surface area contributed by atoms with E-state index in [4.69, 9.17) is 4.74 Å². The van der Waals surface area contributed by atoms with Crippen molar-refractivity contribution in [3.8, 4) is 11.8 Å². The first kappa shape index (κ1) is 28.8. The van der Waals surface area contributed by atoms with Gasteiger partial charge in [-0.1, -0.05) is 18.4 Å². The number of piperidine rings is 1. The van der Waals surface area contributed by atoms with Crippen LogP contribution < -0.4 is 26.2 Å². The van der Waals surface area contributed by atoms with E-state index in [1.54, 1.807) is 0 Å². The van der Waals surface area contributed by atoms with E-state index < -0.39 is 0 Å². The number of hydrazine groups is 1.